The lowest BCUT2D eigenvalue weighted by Gasteiger charge is -2.22. The highest BCUT2D eigenvalue weighted by Gasteiger charge is 2.32. The molecule has 5 nitrogen and oxygen atoms in total. The Morgan fingerprint density at radius 2 is 1.93 bits per heavy atom. The van der Waals surface area contributed by atoms with E-state index in [2.05, 4.69) is 33.7 Å². The van der Waals surface area contributed by atoms with Crippen LogP contribution in [0, 0.1) is 0 Å². The van der Waals surface area contributed by atoms with Crippen molar-refractivity contribution >= 4 is 11.7 Å². The lowest BCUT2D eigenvalue weighted by atomic mass is 10.1. The van der Waals surface area contributed by atoms with E-state index >= 15 is 0 Å². The van der Waals surface area contributed by atoms with Crippen LogP contribution in [-0.2, 0) is 6.42 Å². The first kappa shape index (κ1) is 17.9. The highest BCUT2D eigenvalue weighted by molar-refractivity contribution is 5.75. The van der Waals surface area contributed by atoms with Crippen molar-refractivity contribution in [3.63, 3.8) is 0 Å². The summed E-state index contributed by atoms with van der Waals surface area (Å²) in [4.78, 5) is 14.9. The molecule has 1 aliphatic carbocycles. The number of benzene rings is 2. The number of aliphatic hydroxyl groups is 1. The van der Waals surface area contributed by atoms with Gasteiger partial charge in [-0.15, -0.1) is 0 Å². The summed E-state index contributed by atoms with van der Waals surface area (Å²) in [5, 5.41) is 16.3. The molecule has 0 bridgehead atoms. The summed E-state index contributed by atoms with van der Waals surface area (Å²) in [6.45, 7) is 4.19. The predicted octanol–water partition coefficient (Wildman–Crippen LogP) is 3.31. The van der Waals surface area contributed by atoms with Gasteiger partial charge < -0.3 is 20.6 Å². The first-order valence-electron chi connectivity index (χ1n) is 9.79. The lowest BCUT2D eigenvalue weighted by molar-refractivity contribution is 0.142. The number of carbonyl (C=O) groups is 1. The van der Waals surface area contributed by atoms with Gasteiger partial charge in [-0.1, -0.05) is 36.4 Å². The van der Waals surface area contributed by atoms with Crippen molar-refractivity contribution in [3.05, 3.63) is 65.2 Å². The van der Waals surface area contributed by atoms with E-state index in [-0.39, 0.29) is 18.1 Å². The Hall–Kier alpha value is -2.53. The van der Waals surface area contributed by atoms with Crippen LogP contribution in [0.2, 0.25) is 0 Å². The molecule has 0 radical (unpaired) electrons. The average molecular weight is 365 g/mol. The fourth-order valence-electron chi connectivity index (χ4n) is 4.18. The molecule has 1 aliphatic heterocycles. The van der Waals surface area contributed by atoms with E-state index in [1.165, 1.54) is 18.5 Å². The molecule has 1 fully saturated rings. The third kappa shape index (κ3) is 3.78. The standard InChI is InChI=1S/C22H27N3O2/c1-15(16-8-6-9-18(13-16)25-11-4-5-12-25)23-22(27)24-21-19-10-3-2-7-17(19)14-20(21)26/h2-3,6-10,13,15,20-21,26H,4-5,11-12,14H2,1H3,(H2,23,24,27)/t15?,20-,21+/m0/s1. The molecule has 1 unspecified atom stereocenters. The summed E-state index contributed by atoms with van der Waals surface area (Å²) in [6, 6.07) is 15.5. The average Bonchev–Trinajstić information content (AvgIpc) is 3.31. The fraction of sp³-hybridized carbons (Fsp3) is 0.409. The van der Waals surface area contributed by atoms with Gasteiger partial charge in [0, 0.05) is 25.2 Å². The topological polar surface area (TPSA) is 64.6 Å². The number of hydrogen-bond acceptors (Lipinski definition) is 3. The summed E-state index contributed by atoms with van der Waals surface area (Å²) in [5.74, 6) is 0. The van der Waals surface area contributed by atoms with Gasteiger partial charge in [-0.05, 0) is 48.6 Å². The second-order valence-corrected chi connectivity index (χ2v) is 7.58. The van der Waals surface area contributed by atoms with Crippen LogP contribution in [0.3, 0.4) is 0 Å². The molecule has 2 amide bonds. The van der Waals surface area contributed by atoms with Gasteiger partial charge in [0.05, 0.1) is 18.2 Å². The number of rotatable bonds is 4. The van der Waals surface area contributed by atoms with E-state index < -0.39 is 6.10 Å². The number of hydrogen-bond donors (Lipinski definition) is 3. The molecule has 1 heterocycles. The molecule has 4 rings (SSSR count). The molecule has 0 saturated carbocycles. The van der Waals surface area contributed by atoms with Crippen molar-refractivity contribution in [1.29, 1.82) is 0 Å². The minimum atomic E-state index is -0.582. The minimum absolute atomic E-state index is 0.110. The Morgan fingerprint density at radius 1 is 1.15 bits per heavy atom. The normalized spacial score (nSPS) is 22.4. The van der Waals surface area contributed by atoms with E-state index in [0.717, 1.165) is 29.8 Å². The highest BCUT2D eigenvalue weighted by Crippen LogP contribution is 2.31. The molecule has 0 spiro atoms. The van der Waals surface area contributed by atoms with Crippen LogP contribution in [-0.4, -0.2) is 30.3 Å². The van der Waals surface area contributed by atoms with Gasteiger partial charge in [0.1, 0.15) is 0 Å². The summed E-state index contributed by atoms with van der Waals surface area (Å²) < 4.78 is 0. The van der Waals surface area contributed by atoms with Crippen molar-refractivity contribution in [3.8, 4) is 0 Å². The molecule has 1 saturated heterocycles. The van der Waals surface area contributed by atoms with Crippen molar-refractivity contribution < 1.29 is 9.90 Å². The summed E-state index contributed by atoms with van der Waals surface area (Å²) >= 11 is 0. The molecular formula is C22H27N3O2. The number of nitrogens with zero attached hydrogens (tertiary/aromatic N) is 1. The van der Waals surface area contributed by atoms with Gasteiger partial charge in [0.2, 0.25) is 0 Å². The Balaban J connectivity index is 1.40. The quantitative estimate of drug-likeness (QED) is 0.779. The molecule has 27 heavy (non-hydrogen) atoms. The van der Waals surface area contributed by atoms with E-state index in [4.69, 9.17) is 0 Å². The Bertz CT molecular complexity index is 817. The molecular weight excluding hydrogens is 338 g/mol. The smallest absolute Gasteiger partial charge is 0.315 e. The number of urea groups is 1. The molecule has 0 aromatic heterocycles. The number of carbonyl (C=O) groups excluding carboxylic acids is 1. The van der Waals surface area contributed by atoms with Gasteiger partial charge in [-0.2, -0.15) is 0 Å². The number of fused-ring (bicyclic) bond motifs is 1. The number of nitrogens with one attached hydrogen (secondary N) is 2. The Labute approximate surface area is 160 Å². The van der Waals surface area contributed by atoms with Crippen LogP contribution in [0.25, 0.3) is 0 Å². The van der Waals surface area contributed by atoms with Crippen LogP contribution in [0.1, 0.15) is 48.5 Å². The van der Waals surface area contributed by atoms with Crippen LogP contribution in [0.4, 0.5) is 10.5 Å². The van der Waals surface area contributed by atoms with Gasteiger partial charge in [0.25, 0.3) is 0 Å². The Morgan fingerprint density at radius 3 is 2.74 bits per heavy atom. The van der Waals surface area contributed by atoms with Gasteiger partial charge in [-0.3, -0.25) is 0 Å². The maximum Gasteiger partial charge on any atom is 0.315 e. The second kappa shape index (κ2) is 7.61. The zero-order chi connectivity index (χ0) is 18.8. The third-order valence-corrected chi connectivity index (χ3v) is 5.68. The summed E-state index contributed by atoms with van der Waals surface area (Å²) in [7, 11) is 0. The summed E-state index contributed by atoms with van der Waals surface area (Å²) in [5.41, 5.74) is 4.41. The Kier molecular flexibility index (Phi) is 5.03. The molecule has 3 atom stereocenters. The van der Waals surface area contributed by atoms with Crippen molar-refractivity contribution in [2.24, 2.45) is 0 Å². The van der Waals surface area contributed by atoms with Crippen molar-refractivity contribution in [2.45, 2.75) is 44.4 Å². The summed E-state index contributed by atoms with van der Waals surface area (Å²) in [6.07, 6.45) is 2.48. The van der Waals surface area contributed by atoms with Crippen molar-refractivity contribution in [1.82, 2.24) is 10.6 Å². The van der Waals surface area contributed by atoms with Crippen LogP contribution in [0.5, 0.6) is 0 Å². The molecule has 2 aromatic carbocycles. The van der Waals surface area contributed by atoms with E-state index in [0.29, 0.717) is 6.42 Å². The van der Waals surface area contributed by atoms with Gasteiger partial charge in [-0.25, -0.2) is 4.79 Å². The molecule has 2 aliphatic rings. The highest BCUT2D eigenvalue weighted by atomic mass is 16.3. The van der Waals surface area contributed by atoms with Crippen LogP contribution < -0.4 is 15.5 Å². The number of amides is 2. The zero-order valence-corrected chi connectivity index (χ0v) is 15.7. The monoisotopic (exact) mass is 365 g/mol. The second-order valence-electron chi connectivity index (χ2n) is 7.58. The predicted molar refractivity (Wildman–Crippen MR) is 107 cm³/mol. The fourth-order valence-corrected chi connectivity index (χ4v) is 4.18. The van der Waals surface area contributed by atoms with Crippen molar-refractivity contribution in [2.75, 3.05) is 18.0 Å². The van der Waals surface area contributed by atoms with E-state index in [1.807, 2.05) is 37.3 Å². The zero-order valence-electron chi connectivity index (χ0n) is 15.7. The van der Waals surface area contributed by atoms with Crippen LogP contribution in [0.15, 0.2) is 48.5 Å². The van der Waals surface area contributed by atoms with Crippen LogP contribution >= 0.6 is 0 Å². The van der Waals surface area contributed by atoms with Gasteiger partial charge >= 0.3 is 6.03 Å². The van der Waals surface area contributed by atoms with E-state index in [9.17, 15) is 9.90 Å². The largest absolute Gasteiger partial charge is 0.390 e. The van der Waals surface area contributed by atoms with E-state index in [1.54, 1.807) is 0 Å². The molecule has 142 valence electrons. The SMILES string of the molecule is CC(NC(=O)N[C@@H]1c2ccccc2C[C@@H]1O)c1cccc(N2CCCC2)c1. The molecule has 5 heteroatoms. The lowest BCUT2D eigenvalue weighted by Crippen LogP contribution is -2.41. The number of anilines is 1. The molecule has 3 N–H and O–H groups in total. The first-order valence-corrected chi connectivity index (χ1v) is 9.79. The third-order valence-electron chi connectivity index (χ3n) is 5.68. The molecule has 2 aromatic rings. The minimum Gasteiger partial charge on any atom is -0.390 e. The maximum atomic E-state index is 12.5. The van der Waals surface area contributed by atoms with Gasteiger partial charge in [0.15, 0.2) is 0 Å². The first-order chi connectivity index (χ1) is 13.1. The maximum absolute atomic E-state index is 12.5. The number of aliphatic hydroxyl groups excluding tert-OH is 1.